The number of hydrogen-bond donors (Lipinski definition) is 0. The third-order valence-corrected chi connectivity index (χ3v) is 3.20. The summed E-state index contributed by atoms with van der Waals surface area (Å²) in [6.07, 6.45) is 4.35. The summed E-state index contributed by atoms with van der Waals surface area (Å²) >= 11 is 5.78. The summed E-state index contributed by atoms with van der Waals surface area (Å²) in [5.74, 6) is 1.60. The number of fused-ring (bicyclic) bond motifs is 1. The van der Waals surface area contributed by atoms with E-state index in [4.69, 9.17) is 11.6 Å². The maximum atomic E-state index is 5.78. The van der Waals surface area contributed by atoms with Gasteiger partial charge < -0.3 is 4.90 Å². The molecule has 0 N–H and O–H groups in total. The number of hydrogen-bond acceptors (Lipinski definition) is 4. The fourth-order valence-electron chi connectivity index (χ4n) is 2.02. The number of nitrogens with zero attached hydrogens (tertiary/aromatic N) is 5. The van der Waals surface area contributed by atoms with Gasteiger partial charge in [0.1, 0.15) is 12.1 Å². The van der Waals surface area contributed by atoms with Crippen LogP contribution >= 0.6 is 11.6 Å². The van der Waals surface area contributed by atoms with E-state index < -0.39 is 0 Å². The molecule has 0 aliphatic heterocycles. The quantitative estimate of drug-likeness (QED) is 0.780. The summed E-state index contributed by atoms with van der Waals surface area (Å²) in [5, 5.41) is 5.23. The number of halogens is 1. The predicted molar refractivity (Wildman–Crippen MR) is 74.1 cm³/mol. The topological polar surface area (TPSA) is 46.8 Å². The number of rotatable bonds is 5. The van der Waals surface area contributed by atoms with Gasteiger partial charge >= 0.3 is 0 Å². The highest BCUT2D eigenvalue weighted by atomic mass is 35.5. The van der Waals surface area contributed by atoms with Gasteiger partial charge in [0, 0.05) is 25.5 Å². The summed E-state index contributed by atoms with van der Waals surface area (Å²) in [4.78, 5) is 10.9. The van der Waals surface area contributed by atoms with Gasteiger partial charge in [-0.1, -0.05) is 0 Å². The Kier molecular flexibility index (Phi) is 4.01. The predicted octanol–water partition coefficient (Wildman–Crippen LogP) is 2.21. The van der Waals surface area contributed by atoms with Gasteiger partial charge in [-0.05, 0) is 20.3 Å². The van der Waals surface area contributed by atoms with Gasteiger partial charge in [-0.25, -0.2) is 9.97 Å². The van der Waals surface area contributed by atoms with Crippen LogP contribution in [0.4, 0.5) is 5.82 Å². The van der Waals surface area contributed by atoms with E-state index in [-0.39, 0.29) is 0 Å². The fraction of sp³-hybridized carbons (Fsp3) is 0.583. The van der Waals surface area contributed by atoms with Crippen molar-refractivity contribution in [2.24, 2.45) is 7.05 Å². The molecule has 0 unspecified atom stereocenters. The molecule has 0 saturated heterocycles. The Morgan fingerprint density at radius 3 is 2.83 bits per heavy atom. The zero-order chi connectivity index (χ0) is 13.1. The van der Waals surface area contributed by atoms with Crippen LogP contribution in [0, 0.1) is 0 Å². The second-order valence-electron chi connectivity index (χ2n) is 4.53. The zero-order valence-electron chi connectivity index (χ0n) is 11.0. The minimum atomic E-state index is 0.367. The summed E-state index contributed by atoms with van der Waals surface area (Å²) in [6, 6.07) is 0.367. The molecule has 2 aromatic rings. The van der Waals surface area contributed by atoms with Crippen molar-refractivity contribution < 1.29 is 0 Å². The lowest BCUT2D eigenvalue weighted by atomic mass is 10.2. The van der Waals surface area contributed by atoms with Crippen molar-refractivity contribution in [3.63, 3.8) is 0 Å². The second-order valence-corrected chi connectivity index (χ2v) is 4.91. The first-order valence-corrected chi connectivity index (χ1v) is 6.64. The van der Waals surface area contributed by atoms with E-state index in [1.165, 1.54) is 0 Å². The van der Waals surface area contributed by atoms with Gasteiger partial charge in [0.2, 0.25) is 0 Å². The van der Waals surface area contributed by atoms with Crippen LogP contribution in [0.3, 0.4) is 0 Å². The average molecular weight is 268 g/mol. The van der Waals surface area contributed by atoms with Crippen molar-refractivity contribution >= 4 is 28.5 Å². The molecule has 0 radical (unpaired) electrons. The van der Waals surface area contributed by atoms with Gasteiger partial charge in [-0.15, -0.1) is 11.6 Å². The first-order chi connectivity index (χ1) is 8.65. The van der Waals surface area contributed by atoms with Crippen molar-refractivity contribution in [2.45, 2.75) is 26.3 Å². The Morgan fingerprint density at radius 1 is 1.39 bits per heavy atom. The molecule has 0 saturated carbocycles. The Labute approximate surface area is 112 Å². The van der Waals surface area contributed by atoms with Gasteiger partial charge in [0.15, 0.2) is 5.65 Å². The largest absolute Gasteiger partial charge is 0.353 e. The van der Waals surface area contributed by atoms with Crippen molar-refractivity contribution in [3.8, 4) is 0 Å². The Balaban J connectivity index is 2.43. The monoisotopic (exact) mass is 267 g/mol. The number of aryl methyl sites for hydroxylation is 1. The maximum absolute atomic E-state index is 5.78. The van der Waals surface area contributed by atoms with Crippen molar-refractivity contribution in [2.75, 3.05) is 17.3 Å². The molecule has 2 rings (SSSR count). The first kappa shape index (κ1) is 13.1. The molecule has 0 aliphatic rings. The number of aromatic nitrogens is 4. The van der Waals surface area contributed by atoms with Crippen LogP contribution in [0.5, 0.6) is 0 Å². The van der Waals surface area contributed by atoms with Crippen LogP contribution in [0.25, 0.3) is 11.0 Å². The normalized spacial score (nSPS) is 11.4. The summed E-state index contributed by atoms with van der Waals surface area (Å²) in [7, 11) is 1.89. The second kappa shape index (κ2) is 5.52. The number of alkyl halides is 1. The molecule has 0 atom stereocenters. The van der Waals surface area contributed by atoms with Gasteiger partial charge in [-0.2, -0.15) is 5.10 Å². The maximum Gasteiger partial charge on any atom is 0.163 e. The molecule has 0 aliphatic carbocycles. The zero-order valence-corrected chi connectivity index (χ0v) is 11.7. The molecule has 18 heavy (non-hydrogen) atoms. The van der Waals surface area contributed by atoms with Crippen LogP contribution in [0.15, 0.2) is 12.5 Å². The van der Waals surface area contributed by atoms with Crippen LogP contribution in [0.1, 0.15) is 20.3 Å². The van der Waals surface area contributed by atoms with Crippen molar-refractivity contribution in [1.82, 2.24) is 19.7 Å². The van der Waals surface area contributed by atoms with E-state index in [1.54, 1.807) is 11.0 Å². The van der Waals surface area contributed by atoms with E-state index in [0.717, 1.165) is 29.8 Å². The van der Waals surface area contributed by atoms with Gasteiger partial charge in [0.05, 0.1) is 11.6 Å². The highest BCUT2D eigenvalue weighted by Gasteiger charge is 2.16. The lowest BCUT2D eigenvalue weighted by Gasteiger charge is -2.27. The summed E-state index contributed by atoms with van der Waals surface area (Å²) in [6.45, 7) is 5.19. The number of anilines is 1. The van der Waals surface area contributed by atoms with Crippen molar-refractivity contribution in [1.29, 1.82) is 0 Å². The Morgan fingerprint density at radius 2 is 2.17 bits per heavy atom. The molecule has 2 heterocycles. The SMILES string of the molecule is CC(C)N(CCCCl)c1ncnc2c1cnn2C. The molecule has 5 nitrogen and oxygen atoms in total. The van der Waals surface area contributed by atoms with Gasteiger partial charge in [-0.3, -0.25) is 4.68 Å². The molecule has 6 heteroatoms. The van der Waals surface area contributed by atoms with E-state index in [2.05, 4.69) is 33.8 Å². The molecular formula is C12H18ClN5. The van der Waals surface area contributed by atoms with E-state index in [0.29, 0.717) is 11.9 Å². The molecule has 0 bridgehead atoms. The lowest BCUT2D eigenvalue weighted by molar-refractivity contribution is 0.665. The molecule has 98 valence electrons. The van der Waals surface area contributed by atoms with Crippen molar-refractivity contribution in [3.05, 3.63) is 12.5 Å². The highest BCUT2D eigenvalue weighted by molar-refractivity contribution is 6.17. The Hall–Kier alpha value is -1.36. The highest BCUT2D eigenvalue weighted by Crippen LogP contribution is 2.23. The molecule has 0 aromatic carbocycles. The van der Waals surface area contributed by atoms with Crippen LogP contribution in [0.2, 0.25) is 0 Å². The average Bonchev–Trinajstić information content (AvgIpc) is 2.72. The summed E-state index contributed by atoms with van der Waals surface area (Å²) < 4.78 is 1.76. The lowest BCUT2D eigenvalue weighted by Crippen LogP contribution is -2.32. The first-order valence-electron chi connectivity index (χ1n) is 6.10. The molecule has 0 fully saturated rings. The molecule has 2 aromatic heterocycles. The Bertz CT molecular complexity index is 522. The summed E-state index contributed by atoms with van der Waals surface area (Å²) in [5.41, 5.74) is 0.858. The van der Waals surface area contributed by atoms with Crippen LogP contribution in [-0.2, 0) is 7.05 Å². The fourth-order valence-corrected chi connectivity index (χ4v) is 2.14. The standard InChI is InChI=1S/C12H18ClN5/c1-9(2)18(6-4-5-13)12-10-7-16-17(3)11(10)14-8-15-12/h7-9H,4-6H2,1-3H3. The third-order valence-electron chi connectivity index (χ3n) is 2.94. The van der Waals surface area contributed by atoms with E-state index >= 15 is 0 Å². The minimum Gasteiger partial charge on any atom is -0.353 e. The smallest absolute Gasteiger partial charge is 0.163 e. The van der Waals surface area contributed by atoms with E-state index in [9.17, 15) is 0 Å². The van der Waals surface area contributed by atoms with E-state index in [1.807, 2.05) is 13.2 Å². The van der Waals surface area contributed by atoms with Gasteiger partial charge in [0.25, 0.3) is 0 Å². The molecule has 0 spiro atoms. The molecule has 0 amide bonds. The minimum absolute atomic E-state index is 0.367. The molecular weight excluding hydrogens is 250 g/mol. The van der Waals surface area contributed by atoms with Crippen LogP contribution in [-0.4, -0.2) is 38.2 Å². The third kappa shape index (κ3) is 2.41. The van der Waals surface area contributed by atoms with Crippen LogP contribution < -0.4 is 4.90 Å².